The molecule has 0 radical (unpaired) electrons. The molecule has 72 valence electrons. The van der Waals surface area contributed by atoms with E-state index in [-0.39, 0.29) is 12.0 Å². The molecular weight excluding hydrogens is 174 g/mol. The van der Waals surface area contributed by atoms with Crippen LogP contribution in [-0.2, 0) is 5.54 Å². The van der Waals surface area contributed by atoms with E-state index in [1.807, 2.05) is 16.9 Å². The van der Waals surface area contributed by atoms with Crippen molar-refractivity contribution in [3.05, 3.63) is 18.0 Å². The van der Waals surface area contributed by atoms with Crippen LogP contribution < -0.4 is 0 Å². The molecule has 0 spiro atoms. The molecule has 0 saturated carbocycles. The van der Waals surface area contributed by atoms with E-state index in [9.17, 15) is 0 Å². The summed E-state index contributed by atoms with van der Waals surface area (Å²) >= 11 is 0. The van der Waals surface area contributed by atoms with Crippen LogP contribution in [0.15, 0.2) is 12.4 Å². The van der Waals surface area contributed by atoms with Gasteiger partial charge in [-0.05, 0) is 20.8 Å². The molecule has 0 saturated heterocycles. The molecule has 0 aliphatic carbocycles. The molecule has 0 atom stereocenters. The first-order chi connectivity index (χ1) is 6.54. The third-order valence-electron chi connectivity index (χ3n) is 1.67. The van der Waals surface area contributed by atoms with Gasteiger partial charge < -0.3 is 0 Å². The molecule has 0 bridgehead atoms. The Hall–Kier alpha value is -1.74. The van der Waals surface area contributed by atoms with Gasteiger partial charge in [0.1, 0.15) is 0 Å². The fourth-order valence-electron chi connectivity index (χ4n) is 0.940. The van der Waals surface area contributed by atoms with Crippen molar-refractivity contribution in [2.45, 2.75) is 32.7 Å². The van der Waals surface area contributed by atoms with Crippen molar-refractivity contribution in [2.75, 3.05) is 0 Å². The largest absolute Gasteiger partial charge is 0.266 e. The van der Waals surface area contributed by atoms with E-state index >= 15 is 0 Å². The van der Waals surface area contributed by atoms with Gasteiger partial charge in [-0.3, -0.25) is 4.68 Å². The van der Waals surface area contributed by atoms with Gasteiger partial charge in [0.25, 0.3) is 0 Å². The Labute approximate surface area is 84.3 Å². The summed E-state index contributed by atoms with van der Waals surface area (Å²) in [5.74, 6) is 5.63. The van der Waals surface area contributed by atoms with Crippen molar-refractivity contribution >= 4 is 0 Å². The van der Waals surface area contributed by atoms with Gasteiger partial charge in [0.05, 0.1) is 29.8 Å². The standard InChI is InChI=1S/C11H13N3/c1-11(2,3)14-9-10(8-13-14)6-4-5-7-12/h8-9H,5H2,1-3H3. The van der Waals surface area contributed by atoms with E-state index in [2.05, 4.69) is 37.7 Å². The van der Waals surface area contributed by atoms with Crippen molar-refractivity contribution in [1.29, 1.82) is 5.26 Å². The number of nitrogens with zero attached hydrogens (tertiary/aromatic N) is 3. The Kier molecular flexibility index (Phi) is 2.94. The van der Waals surface area contributed by atoms with Crippen LogP contribution in [0.1, 0.15) is 32.8 Å². The summed E-state index contributed by atoms with van der Waals surface area (Å²) in [5.41, 5.74) is 0.838. The zero-order valence-corrected chi connectivity index (χ0v) is 8.70. The van der Waals surface area contributed by atoms with E-state index in [4.69, 9.17) is 5.26 Å². The van der Waals surface area contributed by atoms with E-state index in [0.717, 1.165) is 5.56 Å². The molecule has 0 amide bonds. The minimum absolute atomic E-state index is 0.0187. The third-order valence-corrected chi connectivity index (χ3v) is 1.67. The van der Waals surface area contributed by atoms with Gasteiger partial charge in [-0.2, -0.15) is 10.4 Å². The molecule has 1 aromatic rings. The zero-order chi connectivity index (χ0) is 10.6. The Morgan fingerprint density at radius 2 is 2.21 bits per heavy atom. The Morgan fingerprint density at radius 3 is 2.71 bits per heavy atom. The first-order valence-corrected chi connectivity index (χ1v) is 4.45. The van der Waals surface area contributed by atoms with Gasteiger partial charge >= 0.3 is 0 Å². The molecule has 0 fully saturated rings. The summed E-state index contributed by atoms with van der Waals surface area (Å²) in [4.78, 5) is 0. The van der Waals surface area contributed by atoms with Gasteiger partial charge in [0, 0.05) is 6.20 Å². The SMILES string of the molecule is CC(C)(C)n1cc(C#CCC#N)cn1. The lowest BCUT2D eigenvalue weighted by molar-refractivity contribution is 0.355. The molecule has 1 rings (SSSR count). The molecule has 0 aliphatic heterocycles. The van der Waals surface area contributed by atoms with Crippen LogP contribution in [0.5, 0.6) is 0 Å². The molecule has 0 aromatic carbocycles. The summed E-state index contributed by atoms with van der Waals surface area (Å²) < 4.78 is 1.86. The summed E-state index contributed by atoms with van der Waals surface area (Å²) in [6, 6.07) is 1.97. The number of hydrogen-bond acceptors (Lipinski definition) is 2. The summed E-state index contributed by atoms with van der Waals surface area (Å²) in [5, 5.41) is 12.5. The highest BCUT2D eigenvalue weighted by atomic mass is 15.3. The van der Waals surface area contributed by atoms with Crippen molar-refractivity contribution < 1.29 is 0 Å². The van der Waals surface area contributed by atoms with Gasteiger partial charge in [0.2, 0.25) is 0 Å². The zero-order valence-electron chi connectivity index (χ0n) is 8.70. The van der Waals surface area contributed by atoms with E-state index in [1.54, 1.807) is 6.20 Å². The van der Waals surface area contributed by atoms with Gasteiger partial charge in [0.15, 0.2) is 0 Å². The lowest BCUT2D eigenvalue weighted by atomic mass is 10.1. The van der Waals surface area contributed by atoms with Crippen LogP contribution in [0.2, 0.25) is 0 Å². The average molecular weight is 187 g/mol. The Bertz CT molecular complexity index is 404. The second-order valence-electron chi connectivity index (χ2n) is 3.98. The van der Waals surface area contributed by atoms with E-state index in [0.29, 0.717) is 0 Å². The van der Waals surface area contributed by atoms with Crippen LogP contribution in [0, 0.1) is 23.2 Å². The highest BCUT2D eigenvalue weighted by Gasteiger charge is 2.12. The van der Waals surface area contributed by atoms with Crippen molar-refractivity contribution in [1.82, 2.24) is 9.78 Å². The van der Waals surface area contributed by atoms with Crippen LogP contribution in [0.25, 0.3) is 0 Å². The third kappa shape index (κ3) is 2.64. The van der Waals surface area contributed by atoms with Gasteiger partial charge in [-0.15, -0.1) is 0 Å². The predicted octanol–water partition coefficient (Wildman–Crippen LogP) is 1.90. The fraction of sp³-hybridized carbons (Fsp3) is 0.455. The van der Waals surface area contributed by atoms with Crippen LogP contribution in [-0.4, -0.2) is 9.78 Å². The van der Waals surface area contributed by atoms with Crippen molar-refractivity contribution in [3.8, 4) is 17.9 Å². The fourth-order valence-corrected chi connectivity index (χ4v) is 0.940. The minimum atomic E-state index is -0.0187. The Morgan fingerprint density at radius 1 is 1.50 bits per heavy atom. The summed E-state index contributed by atoms with van der Waals surface area (Å²) in [7, 11) is 0. The minimum Gasteiger partial charge on any atom is -0.266 e. The number of nitriles is 1. The maximum atomic E-state index is 8.31. The molecule has 1 aromatic heterocycles. The van der Waals surface area contributed by atoms with Crippen LogP contribution in [0.4, 0.5) is 0 Å². The lowest BCUT2D eigenvalue weighted by Crippen LogP contribution is -2.21. The monoisotopic (exact) mass is 187 g/mol. The van der Waals surface area contributed by atoms with Crippen molar-refractivity contribution in [2.24, 2.45) is 0 Å². The summed E-state index contributed by atoms with van der Waals surface area (Å²) in [6.45, 7) is 6.23. The highest BCUT2D eigenvalue weighted by Crippen LogP contribution is 2.12. The smallest absolute Gasteiger partial charge is 0.0966 e. The number of rotatable bonds is 0. The quantitative estimate of drug-likeness (QED) is 0.582. The maximum Gasteiger partial charge on any atom is 0.0966 e. The molecule has 14 heavy (non-hydrogen) atoms. The van der Waals surface area contributed by atoms with E-state index in [1.165, 1.54) is 0 Å². The van der Waals surface area contributed by atoms with Crippen molar-refractivity contribution in [3.63, 3.8) is 0 Å². The van der Waals surface area contributed by atoms with E-state index < -0.39 is 0 Å². The molecule has 0 N–H and O–H groups in total. The van der Waals surface area contributed by atoms with Gasteiger partial charge in [-0.1, -0.05) is 11.8 Å². The predicted molar refractivity (Wildman–Crippen MR) is 54.3 cm³/mol. The molecule has 3 nitrogen and oxygen atoms in total. The summed E-state index contributed by atoms with van der Waals surface area (Å²) in [6.07, 6.45) is 3.88. The molecule has 0 aliphatic rings. The number of hydrogen-bond donors (Lipinski definition) is 0. The first kappa shape index (κ1) is 10.3. The lowest BCUT2D eigenvalue weighted by Gasteiger charge is -2.18. The van der Waals surface area contributed by atoms with Gasteiger partial charge in [-0.25, -0.2) is 0 Å². The second kappa shape index (κ2) is 3.98. The van der Waals surface area contributed by atoms with Crippen LogP contribution in [0.3, 0.4) is 0 Å². The Balaban J connectivity index is 2.82. The first-order valence-electron chi connectivity index (χ1n) is 4.45. The molecule has 1 heterocycles. The number of aromatic nitrogens is 2. The highest BCUT2D eigenvalue weighted by molar-refractivity contribution is 5.30. The normalized spacial score (nSPS) is 10.1. The molecular formula is C11H13N3. The molecule has 3 heteroatoms. The van der Waals surface area contributed by atoms with Crippen LogP contribution >= 0.6 is 0 Å². The maximum absolute atomic E-state index is 8.31. The molecule has 0 unspecified atom stereocenters. The topological polar surface area (TPSA) is 41.6 Å². The second-order valence-corrected chi connectivity index (χ2v) is 3.98. The average Bonchev–Trinajstić information content (AvgIpc) is 2.52.